The zero-order valence-corrected chi connectivity index (χ0v) is 8.58. The smallest absolute Gasteiger partial charge is 0.269 e. The molecule has 3 aromatic rings. The molecular weight excluding hydrogens is 194 g/mol. The van der Waals surface area contributed by atoms with Gasteiger partial charge in [-0.1, -0.05) is 23.5 Å². The average Bonchev–Trinajstić information content (AvgIpc) is 2.65. The van der Waals surface area contributed by atoms with Crippen molar-refractivity contribution >= 4 is 26.4 Å². The number of nitrogens with two attached hydrogens (primary N) is 1. The maximum atomic E-state index is 5.79. The lowest BCUT2D eigenvalue weighted by Gasteiger charge is -1.87. The predicted octanol–water partition coefficient (Wildman–Crippen LogP) is 1.46. The molecule has 2 aromatic heterocycles. The Morgan fingerprint density at radius 2 is 2.14 bits per heavy atom. The fourth-order valence-electron chi connectivity index (χ4n) is 1.75. The average molecular weight is 204 g/mol. The van der Waals surface area contributed by atoms with Gasteiger partial charge in [0.2, 0.25) is 4.83 Å². The van der Waals surface area contributed by atoms with Crippen LogP contribution in [0, 0.1) is 6.92 Å². The lowest BCUT2D eigenvalue weighted by atomic mass is 10.3. The molecule has 0 saturated carbocycles. The Hall–Kier alpha value is -1.55. The summed E-state index contributed by atoms with van der Waals surface area (Å²) in [5.74, 6) is 6.84. The van der Waals surface area contributed by atoms with Crippen LogP contribution in [0.5, 0.6) is 0 Å². The number of nitrogens with zero attached hydrogens (tertiary/aromatic N) is 2. The van der Waals surface area contributed by atoms with Gasteiger partial charge >= 0.3 is 0 Å². The predicted molar refractivity (Wildman–Crippen MR) is 57.9 cm³/mol. The van der Waals surface area contributed by atoms with E-state index in [0.29, 0.717) is 0 Å². The van der Waals surface area contributed by atoms with Crippen LogP contribution in [0.15, 0.2) is 30.5 Å². The van der Waals surface area contributed by atoms with Crippen LogP contribution < -0.4 is 10.5 Å². The lowest BCUT2D eigenvalue weighted by Crippen LogP contribution is -2.45. The third-order valence-electron chi connectivity index (χ3n) is 2.49. The molecule has 4 heteroatoms. The highest BCUT2D eigenvalue weighted by atomic mass is 32.1. The summed E-state index contributed by atoms with van der Waals surface area (Å²) in [4.78, 5) is 1.19. The second-order valence-corrected chi connectivity index (χ2v) is 4.39. The Morgan fingerprint density at radius 3 is 3.00 bits per heavy atom. The highest BCUT2D eigenvalue weighted by Crippen LogP contribution is 2.26. The molecule has 1 aromatic carbocycles. The number of hydrogen-bond acceptors (Lipinski definition) is 2. The van der Waals surface area contributed by atoms with E-state index in [0.717, 1.165) is 5.82 Å². The molecule has 0 aliphatic heterocycles. The SMILES string of the molecule is Cc1n2c(c[n+]1N)sc1ccccc12. The number of hydrogen-bond donors (Lipinski definition) is 1. The molecule has 70 valence electrons. The molecule has 0 fully saturated rings. The van der Waals surface area contributed by atoms with Crippen LogP contribution in [0.3, 0.4) is 0 Å². The zero-order valence-electron chi connectivity index (χ0n) is 7.77. The Balaban J connectivity index is 2.62. The summed E-state index contributed by atoms with van der Waals surface area (Å²) in [6.45, 7) is 2.02. The van der Waals surface area contributed by atoms with Crippen LogP contribution in [0.1, 0.15) is 5.82 Å². The van der Waals surface area contributed by atoms with Gasteiger partial charge in [-0.3, -0.25) is 5.84 Å². The maximum Gasteiger partial charge on any atom is 0.282 e. The monoisotopic (exact) mass is 204 g/mol. The van der Waals surface area contributed by atoms with E-state index in [4.69, 9.17) is 5.84 Å². The maximum absolute atomic E-state index is 5.79. The highest BCUT2D eigenvalue weighted by molar-refractivity contribution is 7.23. The van der Waals surface area contributed by atoms with Gasteiger partial charge in [0, 0.05) is 6.92 Å². The molecule has 2 heterocycles. The van der Waals surface area contributed by atoms with Crippen molar-refractivity contribution in [2.24, 2.45) is 0 Å². The minimum Gasteiger partial charge on any atom is -0.269 e. The second-order valence-electron chi connectivity index (χ2n) is 3.33. The van der Waals surface area contributed by atoms with E-state index < -0.39 is 0 Å². The van der Waals surface area contributed by atoms with Gasteiger partial charge in [-0.05, 0) is 12.1 Å². The van der Waals surface area contributed by atoms with Crippen LogP contribution in [-0.2, 0) is 0 Å². The molecule has 0 unspecified atom stereocenters. The molecule has 0 amide bonds. The van der Waals surface area contributed by atoms with E-state index in [1.807, 2.05) is 13.1 Å². The zero-order chi connectivity index (χ0) is 9.71. The van der Waals surface area contributed by atoms with E-state index in [1.165, 1.54) is 15.0 Å². The number of rotatable bonds is 0. The summed E-state index contributed by atoms with van der Waals surface area (Å²) in [6, 6.07) is 8.36. The third kappa shape index (κ3) is 0.834. The summed E-state index contributed by atoms with van der Waals surface area (Å²) >= 11 is 1.76. The molecule has 0 atom stereocenters. The first-order valence-electron chi connectivity index (χ1n) is 4.44. The van der Waals surface area contributed by atoms with Crippen molar-refractivity contribution in [2.45, 2.75) is 6.92 Å². The molecule has 0 aliphatic rings. The molecule has 0 radical (unpaired) electrons. The van der Waals surface area contributed by atoms with Crippen molar-refractivity contribution in [3.05, 3.63) is 36.3 Å². The van der Waals surface area contributed by atoms with Crippen molar-refractivity contribution in [2.75, 3.05) is 5.84 Å². The summed E-state index contributed by atoms with van der Waals surface area (Å²) in [5.41, 5.74) is 1.23. The first-order valence-corrected chi connectivity index (χ1v) is 5.25. The van der Waals surface area contributed by atoms with Crippen LogP contribution in [-0.4, -0.2) is 4.40 Å². The van der Waals surface area contributed by atoms with Gasteiger partial charge in [-0.2, -0.15) is 4.40 Å². The number of thiazole rings is 1. The van der Waals surface area contributed by atoms with Crippen LogP contribution >= 0.6 is 11.3 Å². The van der Waals surface area contributed by atoms with Crippen molar-refractivity contribution in [1.29, 1.82) is 0 Å². The van der Waals surface area contributed by atoms with Gasteiger partial charge in [0.25, 0.3) is 5.82 Å². The van der Waals surface area contributed by atoms with E-state index in [9.17, 15) is 0 Å². The van der Waals surface area contributed by atoms with Gasteiger partial charge < -0.3 is 0 Å². The van der Waals surface area contributed by atoms with Gasteiger partial charge in [0.05, 0.1) is 4.70 Å². The highest BCUT2D eigenvalue weighted by Gasteiger charge is 2.17. The molecular formula is C10H10N3S+. The topological polar surface area (TPSA) is 34.3 Å². The van der Waals surface area contributed by atoms with Gasteiger partial charge in [-0.15, -0.1) is 4.68 Å². The Bertz CT molecular complexity index is 621. The summed E-state index contributed by atoms with van der Waals surface area (Å²) in [7, 11) is 0. The molecule has 0 bridgehead atoms. The van der Waals surface area contributed by atoms with Gasteiger partial charge in [0.15, 0.2) is 11.7 Å². The van der Waals surface area contributed by atoms with Crippen molar-refractivity contribution in [3.8, 4) is 0 Å². The first kappa shape index (κ1) is 7.82. The quantitative estimate of drug-likeness (QED) is 0.436. The van der Waals surface area contributed by atoms with Gasteiger partial charge in [-0.25, -0.2) is 0 Å². The molecule has 0 aliphatic carbocycles. The molecule has 0 saturated heterocycles. The van der Waals surface area contributed by atoms with E-state index in [1.54, 1.807) is 16.0 Å². The van der Waals surface area contributed by atoms with Crippen LogP contribution in [0.4, 0.5) is 0 Å². The third-order valence-corrected chi connectivity index (χ3v) is 3.55. The number of aryl methyl sites for hydroxylation is 1. The summed E-state index contributed by atoms with van der Waals surface area (Å²) < 4.78 is 5.14. The molecule has 3 rings (SSSR count). The number of para-hydroxylation sites is 1. The van der Waals surface area contributed by atoms with Crippen LogP contribution in [0.25, 0.3) is 15.0 Å². The minimum atomic E-state index is 1.05. The molecule has 14 heavy (non-hydrogen) atoms. The molecule has 2 N–H and O–H groups in total. The van der Waals surface area contributed by atoms with Crippen molar-refractivity contribution in [1.82, 2.24) is 4.40 Å². The van der Waals surface area contributed by atoms with E-state index in [-0.39, 0.29) is 0 Å². The number of imidazole rings is 1. The lowest BCUT2D eigenvalue weighted by molar-refractivity contribution is -0.643. The standard InChI is InChI=1S/C10H10N3S/c1-7-12(11)6-10-13(7)8-4-2-3-5-9(8)14-10/h2-6H,11H2,1H3/q+1. The van der Waals surface area contributed by atoms with Gasteiger partial charge in [0.1, 0.15) is 0 Å². The van der Waals surface area contributed by atoms with Crippen LogP contribution in [0.2, 0.25) is 0 Å². The van der Waals surface area contributed by atoms with Crippen molar-refractivity contribution in [3.63, 3.8) is 0 Å². The Kier molecular flexibility index (Phi) is 1.39. The van der Waals surface area contributed by atoms with E-state index in [2.05, 4.69) is 28.7 Å². The molecule has 3 nitrogen and oxygen atoms in total. The Morgan fingerprint density at radius 1 is 1.36 bits per heavy atom. The normalized spacial score (nSPS) is 11.5. The van der Waals surface area contributed by atoms with E-state index >= 15 is 0 Å². The fraction of sp³-hybridized carbons (Fsp3) is 0.100. The first-order chi connectivity index (χ1) is 6.77. The largest absolute Gasteiger partial charge is 0.282 e. The fourth-order valence-corrected chi connectivity index (χ4v) is 2.87. The number of fused-ring (bicyclic) bond motifs is 3. The molecule has 0 spiro atoms. The second kappa shape index (κ2) is 2.48. The number of benzene rings is 1. The Labute approximate surface area is 85.0 Å². The summed E-state index contributed by atoms with van der Waals surface area (Å²) in [6.07, 6.45) is 1.96. The number of aromatic nitrogens is 2. The minimum absolute atomic E-state index is 1.05. The number of nitrogen functional groups attached to an aromatic ring is 1. The van der Waals surface area contributed by atoms with Crippen molar-refractivity contribution < 1.29 is 4.68 Å². The summed E-state index contributed by atoms with van der Waals surface area (Å²) in [5, 5.41) is 0.